The fourth-order valence-electron chi connectivity index (χ4n) is 2.84. The third-order valence-corrected chi connectivity index (χ3v) is 4.78. The fraction of sp³-hybridized carbons (Fsp3) is 0.308. The largest absolute Gasteiger partial charge is 0.458 e. The van der Waals surface area contributed by atoms with Crippen LogP contribution >= 0.6 is 0 Å². The molecule has 0 fully saturated rings. The van der Waals surface area contributed by atoms with E-state index in [1.807, 2.05) is 0 Å². The third-order valence-electron chi connectivity index (χ3n) is 4.78. The molecular formula is C26H28O10. The van der Waals surface area contributed by atoms with Gasteiger partial charge in [0.05, 0.1) is 24.3 Å². The summed E-state index contributed by atoms with van der Waals surface area (Å²) in [6, 6.07) is 9.73. The summed E-state index contributed by atoms with van der Waals surface area (Å²) >= 11 is 0. The monoisotopic (exact) mass is 500 g/mol. The average molecular weight is 501 g/mol. The molecule has 0 aliphatic rings. The lowest BCUT2D eigenvalue weighted by atomic mass is 10.0. The van der Waals surface area contributed by atoms with E-state index in [0.717, 1.165) is 0 Å². The van der Waals surface area contributed by atoms with E-state index in [1.54, 1.807) is 24.3 Å². The van der Waals surface area contributed by atoms with E-state index in [9.17, 15) is 29.4 Å². The number of aliphatic hydroxyl groups excluding tert-OH is 2. The van der Waals surface area contributed by atoms with Crippen LogP contribution in [0.3, 0.4) is 0 Å². The van der Waals surface area contributed by atoms with Crippen molar-refractivity contribution in [1.82, 2.24) is 0 Å². The number of esters is 4. The number of aliphatic hydroxyl groups is 2. The van der Waals surface area contributed by atoms with Crippen molar-refractivity contribution in [3.63, 3.8) is 0 Å². The molecule has 0 aliphatic heterocycles. The van der Waals surface area contributed by atoms with E-state index in [0.29, 0.717) is 10.8 Å². The lowest BCUT2D eigenvalue weighted by Crippen LogP contribution is -2.31. The molecule has 0 aromatic heterocycles. The molecule has 0 spiro atoms. The van der Waals surface area contributed by atoms with Gasteiger partial charge in [-0.3, -0.25) is 0 Å². The van der Waals surface area contributed by atoms with Crippen LogP contribution in [0, 0.1) is 0 Å². The zero-order valence-electron chi connectivity index (χ0n) is 20.0. The first-order chi connectivity index (χ1) is 17.1. The van der Waals surface area contributed by atoms with Crippen LogP contribution in [-0.2, 0) is 28.5 Å². The van der Waals surface area contributed by atoms with Gasteiger partial charge < -0.3 is 29.2 Å². The fourth-order valence-corrected chi connectivity index (χ4v) is 2.84. The first kappa shape index (κ1) is 28.2. The molecule has 0 saturated carbocycles. The molecule has 0 saturated heterocycles. The van der Waals surface area contributed by atoms with Crippen LogP contribution in [0.4, 0.5) is 0 Å². The SMILES string of the molecule is C=C(C)C(=O)OCC(CO)OC(=O)c1cc2ccccc2cc1C(=O)OC(CO)COC(=O)C(=C)C. The van der Waals surface area contributed by atoms with Gasteiger partial charge >= 0.3 is 23.9 Å². The quantitative estimate of drug-likeness (QED) is 0.252. The molecule has 2 rings (SSSR count). The van der Waals surface area contributed by atoms with Gasteiger partial charge in [0, 0.05) is 11.1 Å². The number of fused-ring (bicyclic) bond motifs is 1. The minimum Gasteiger partial charge on any atom is -0.458 e. The highest BCUT2D eigenvalue weighted by atomic mass is 16.6. The zero-order chi connectivity index (χ0) is 26.8. The van der Waals surface area contributed by atoms with E-state index in [4.69, 9.17) is 18.9 Å². The average Bonchev–Trinajstić information content (AvgIpc) is 2.87. The van der Waals surface area contributed by atoms with Crippen molar-refractivity contribution in [1.29, 1.82) is 0 Å². The number of benzene rings is 2. The summed E-state index contributed by atoms with van der Waals surface area (Å²) in [5.74, 6) is -3.40. The highest BCUT2D eigenvalue weighted by Crippen LogP contribution is 2.23. The molecule has 2 atom stereocenters. The third kappa shape index (κ3) is 7.76. The van der Waals surface area contributed by atoms with Gasteiger partial charge in [0.15, 0.2) is 12.2 Å². The maximum atomic E-state index is 13.0. The van der Waals surface area contributed by atoms with Crippen LogP contribution in [0.5, 0.6) is 0 Å². The molecular weight excluding hydrogens is 472 g/mol. The van der Waals surface area contributed by atoms with Gasteiger partial charge in [0.25, 0.3) is 0 Å². The molecule has 0 heterocycles. The van der Waals surface area contributed by atoms with Crippen molar-refractivity contribution in [2.75, 3.05) is 26.4 Å². The maximum Gasteiger partial charge on any atom is 0.339 e. The first-order valence-corrected chi connectivity index (χ1v) is 10.9. The molecule has 0 aliphatic carbocycles. The predicted molar refractivity (Wildman–Crippen MR) is 128 cm³/mol. The Hall–Kier alpha value is -4.02. The summed E-state index contributed by atoms with van der Waals surface area (Å²) in [5, 5.41) is 20.3. The van der Waals surface area contributed by atoms with Gasteiger partial charge in [-0.2, -0.15) is 0 Å². The Kier molecular flexibility index (Phi) is 10.3. The molecule has 192 valence electrons. The second-order valence-corrected chi connectivity index (χ2v) is 7.92. The van der Waals surface area contributed by atoms with Gasteiger partial charge in [-0.15, -0.1) is 0 Å². The highest BCUT2D eigenvalue weighted by molar-refractivity contribution is 6.07. The van der Waals surface area contributed by atoms with Crippen LogP contribution in [-0.4, -0.2) is 72.7 Å². The van der Waals surface area contributed by atoms with Crippen molar-refractivity contribution >= 4 is 34.6 Å². The molecule has 2 unspecified atom stereocenters. The van der Waals surface area contributed by atoms with E-state index < -0.39 is 62.5 Å². The van der Waals surface area contributed by atoms with Crippen LogP contribution < -0.4 is 0 Å². The Morgan fingerprint density at radius 3 is 1.42 bits per heavy atom. The zero-order valence-corrected chi connectivity index (χ0v) is 20.0. The predicted octanol–water partition coefficient (Wildman–Crippen LogP) is 2.11. The van der Waals surface area contributed by atoms with Crippen molar-refractivity contribution in [2.24, 2.45) is 0 Å². The minimum absolute atomic E-state index is 0.130. The van der Waals surface area contributed by atoms with Gasteiger partial charge in [-0.05, 0) is 36.8 Å². The second-order valence-electron chi connectivity index (χ2n) is 7.92. The summed E-state index contributed by atoms with van der Waals surface area (Å²) in [7, 11) is 0. The number of hydrogen-bond donors (Lipinski definition) is 2. The number of rotatable bonds is 12. The maximum absolute atomic E-state index is 13.0. The van der Waals surface area contributed by atoms with E-state index in [1.165, 1.54) is 26.0 Å². The Balaban J connectivity index is 2.29. The normalized spacial score (nSPS) is 12.2. The number of hydrogen-bond acceptors (Lipinski definition) is 10. The molecule has 0 amide bonds. The Labute approximate surface area is 207 Å². The molecule has 2 aromatic carbocycles. The highest BCUT2D eigenvalue weighted by Gasteiger charge is 2.26. The number of carbonyl (C=O) groups is 4. The summed E-state index contributed by atoms with van der Waals surface area (Å²) in [6.07, 6.45) is -2.41. The van der Waals surface area contributed by atoms with Gasteiger partial charge in [-0.1, -0.05) is 37.4 Å². The topological polar surface area (TPSA) is 146 Å². The van der Waals surface area contributed by atoms with Crippen LogP contribution in [0.25, 0.3) is 10.8 Å². The lowest BCUT2D eigenvalue weighted by Gasteiger charge is -2.19. The lowest BCUT2D eigenvalue weighted by molar-refractivity contribution is -0.143. The molecule has 10 heteroatoms. The van der Waals surface area contributed by atoms with E-state index >= 15 is 0 Å². The Morgan fingerprint density at radius 1 is 0.750 bits per heavy atom. The number of ether oxygens (including phenoxy) is 4. The van der Waals surface area contributed by atoms with Crippen molar-refractivity contribution in [3.8, 4) is 0 Å². The molecule has 10 nitrogen and oxygen atoms in total. The molecule has 2 N–H and O–H groups in total. The number of carbonyl (C=O) groups excluding carboxylic acids is 4. The van der Waals surface area contributed by atoms with Crippen molar-refractivity contribution in [2.45, 2.75) is 26.1 Å². The van der Waals surface area contributed by atoms with Crippen LogP contribution in [0.2, 0.25) is 0 Å². The van der Waals surface area contributed by atoms with Crippen LogP contribution in [0.15, 0.2) is 60.7 Å². The second kappa shape index (κ2) is 13.2. The first-order valence-electron chi connectivity index (χ1n) is 10.9. The van der Waals surface area contributed by atoms with Crippen molar-refractivity contribution < 1.29 is 48.3 Å². The molecule has 2 aromatic rings. The summed E-state index contributed by atoms with van der Waals surface area (Å²) in [5.41, 5.74) is -0.104. The summed E-state index contributed by atoms with van der Waals surface area (Å²) in [4.78, 5) is 49.2. The van der Waals surface area contributed by atoms with Gasteiger partial charge in [-0.25, -0.2) is 19.2 Å². The molecule has 36 heavy (non-hydrogen) atoms. The minimum atomic E-state index is -1.21. The Morgan fingerprint density at radius 2 is 1.11 bits per heavy atom. The van der Waals surface area contributed by atoms with Crippen molar-refractivity contribution in [3.05, 3.63) is 71.8 Å². The summed E-state index contributed by atoms with van der Waals surface area (Å²) < 4.78 is 20.4. The van der Waals surface area contributed by atoms with Gasteiger partial charge in [0.1, 0.15) is 13.2 Å². The molecule has 0 bridgehead atoms. The Bertz CT molecular complexity index is 1080. The van der Waals surface area contributed by atoms with E-state index in [2.05, 4.69) is 13.2 Å². The standard InChI is InChI=1S/C26H28O10/c1-15(2)23(29)33-13-19(11-27)35-25(31)21-9-17-7-5-6-8-18(17)10-22(21)26(32)36-20(12-28)14-34-24(30)16(3)4/h5-10,19-20,27-28H,1,3,11-14H2,2,4H3. The van der Waals surface area contributed by atoms with E-state index in [-0.39, 0.29) is 22.3 Å². The smallest absolute Gasteiger partial charge is 0.339 e. The summed E-state index contributed by atoms with van der Waals surface area (Å²) in [6.45, 7) is 7.61. The molecule has 0 radical (unpaired) electrons. The van der Waals surface area contributed by atoms with Crippen LogP contribution in [0.1, 0.15) is 34.6 Å². The van der Waals surface area contributed by atoms with Gasteiger partial charge in [0.2, 0.25) is 0 Å².